The Hall–Kier alpha value is 0. The average molecular weight is 277 g/mol. The average Bonchev–Trinajstić information content (AvgIpc) is 2.51. The second kappa shape index (κ2) is 7.85. The third-order valence-electron chi connectivity index (χ3n) is 6.75. The molecular formula is C20H36. The normalized spacial score (nSPS) is 34.2. The molecule has 116 valence electrons. The lowest BCUT2D eigenvalue weighted by Gasteiger charge is -2.34. The molecule has 0 heterocycles. The molecule has 0 nitrogen and oxygen atoms in total. The fourth-order valence-corrected chi connectivity index (χ4v) is 5.49. The van der Waals surface area contributed by atoms with Crippen molar-refractivity contribution in [3.63, 3.8) is 0 Å². The van der Waals surface area contributed by atoms with Crippen LogP contribution in [0.5, 0.6) is 0 Å². The summed E-state index contributed by atoms with van der Waals surface area (Å²) in [6.07, 6.45) is 24.9. The first kappa shape index (κ1) is 14.9. The zero-order chi connectivity index (χ0) is 13.6. The Morgan fingerprint density at radius 2 is 0.650 bits per heavy atom. The van der Waals surface area contributed by atoms with Gasteiger partial charge in [-0.15, -0.1) is 0 Å². The first-order chi connectivity index (χ1) is 9.90. The van der Waals surface area contributed by atoms with Gasteiger partial charge >= 0.3 is 0 Å². The number of hydrogen-bond acceptors (Lipinski definition) is 0. The van der Waals surface area contributed by atoms with Crippen LogP contribution in [0.4, 0.5) is 0 Å². The molecule has 3 fully saturated rings. The maximum atomic E-state index is 1.59. The van der Waals surface area contributed by atoms with E-state index in [2.05, 4.69) is 0 Å². The molecule has 0 aromatic heterocycles. The zero-order valence-electron chi connectivity index (χ0n) is 13.6. The predicted octanol–water partition coefficient (Wildman–Crippen LogP) is 6.73. The van der Waals surface area contributed by atoms with E-state index in [0.717, 1.165) is 23.7 Å². The van der Waals surface area contributed by atoms with Crippen LogP contribution in [0.3, 0.4) is 0 Å². The van der Waals surface area contributed by atoms with Gasteiger partial charge in [-0.2, -0.15) is 0 Å². The summed E-state index contributed by atoms with van der Waals surface area (Å²) in [5, 5.41) is 0. The van der Waals surface area contributed by atoms with Crippen molar-refractivity contribution in [3.8, 4) is 0 Å². The lowest BCUT2D eigenvalue weighted by molar-refractivity contribution is 0.182. The predicted molar refractivity (Wildman–Crippen MR) is 87.8 cm³/mol. The molecule has 20 heavy (non-hydrogen) atoms. The van der Waals surface area contributed by atoms with Crippen molar-refractivity contribution in [1.29, 1.82) is 0 Å². The molecule has 3 rings (SSSR count). The second-order valence-corrected chi connectivity index (χ2v) is 8.37. The topological polar surface area (TPSA) is 0 Å². The first-order valence-electron chi connectivity index (χ1n) is 9.90. The Bertz CT molecular complexity index is 221. The van der Waals surface area contributed by atoms with Gasteiger partial charge in [0.25, 0.3) is 0 Å². The van der Waals surface area contributed by atoms with E-state index >= 15 is 0 Å². The van der Waals surface area contributed by atoms with E-state index in [-0.39, 0.29) is 0 Å². The highest BCUT2D eigenvalue weighted by Crippen LogP contribution is 2.40. The lowest BCUT2D eigenvalue weighted by atomic mass is 9.72. The van der Waals surface area contributed by atoms with E-state index in [1.807, 2.05) is 0 Å². The fourth-order valence-electron chi connectivity index (χ4n) is 5.49. The molecule has 3 aliphatic rings. The van der Waals surface area contributed by atoms with Crippen LogP contribution in [0.2, 0.25) is 0 Å². The number of hydrogen-bond donors (Lipinski definition) is 0. The minimum Gasteiger partial charge on any atom is -0.0533 e. The molecule has 3 aliphatic carbocycles. The molecule has 0 spiro atoms. The Morgan fingerprint density at radius 1 is 0.350 bits per heavy atom. The number of rotatable bonds is 4. The summed E-state index contributed by atoms with van der Waals surface area (Å²) in [7, 11) is 0. The summed E-state index contributed by atoms with van der Waals surface area (Å²) in [6.45, 7) is 0. The molecule has 0 unspecified atom stereocenters. The van der Waals surface area contributed by atoms with Crippen molar-refractivity contribution in [2.45, 2.75) is 103 Å². The van der Waals surface area contributed by atoms with Crippen molar-refractivity contribution >= 4 is 0 Å². The maximum absolute atomic E-state index is 1.59. The van der Waals surface area contributed by atoms with Crippen LogP contribution in [-0.2, 0) is 0 Å². The monoisotopic (exact) mass is 276 g/mol. The molecule has 0 N–H and O–H groups in total. The molecule has 0 saturated heterocycles. The van der Waals surface area contributed by atoms with E-state index in [4.69, 9.17) is 0 Å². The third-order valence-corrected chi connectivity index (χ3v) is 6.75. The van der Waals surface area contributed by atoms with Gasteiger partial charge < -0.3 is 0 Å². The SMILES string of the molecule is C1CCC(CC2CCC(CC3CCCCC3)CC2)CC1. The van der Waals surface area contributed by atoms with Crippen molar-refractivity contribution in [3.05, 3.63) is 0 Å². The van der Waals surface area contributed by atoms with Crippen molar-refractivity contribution < 1.29 is 0 Å². The molecule has 3 saturated carbocycles. The summed E-state index contributed by atoms with van der Waals surface area (Å²) in [4.78, 5) is 0. The van der Waals surface area contributed by atoms with Crippen LogP contribution in [0, 0.1) is 23.7 Å². The van der Waals surface area contributed by atoms with Gasteiger partial charge in [-0.25, -0.2) is 0 Å². The smallest absolute Gasteiger partial charge is 0.0411 e. The van der Waals surface area contributed by atoms with Gasteiger partial charge in [-0.1, -0.05) is 89.9 Å². The van der Waals surface area contributed by atoms with Gasteiger partial charge in [0.2, 0.25) is 0 Å². The third kappa shape index (κ3) is 4.50. The van der Waals surface area contributed by atoms with Gasteiger partial charge in [-0.3, -0.25) is 0 Å². The Labute approximate surface area is 127 Å². The molecular weight excluding hydrogens is 240 g/mol. The van der Waals surface area contributed by atoms with Gasteiger partial charge in [0, 0.05) is 0 Å². The van der Waals surface area contributed by atoms with Crippen LogP contribution < -0.4 is 0 Å². The Morgan fingerprint density at radius 3 is 1.00 bits per heavy atom. The largest absolute Gasteiger partial charge is 0.0533 e. The molecule has 0 aromatic rings. The highest BCUT2D eigenvalue weighted by Gasteiger charge is 2.26. The van der Waals surface area contributed by atoms with Crippen LogP contribution in [0.1, 0.15) is 103 Å². The minimum absolute atomic E-state index is 1.11. The minimum atomic E-state index is 1.11. The van der Waals surface area contributed by atoms with Crippen molar-refractivity contribution in [1.82, 2.24) is 0 Å². The maximum Gasteiger partial charge on any atom is -0.0411 e. The van der Waals surface area contributed by atoms with Gasteiger partial charge in [-0.05, 0) is 36.5 Å². The summed E-state index contributed by atoms with van der Waals surface area (Å²) in [5.41, 5.74) is 0. The summed E-state index contributed by atoms with van der Waals surface area (Å²) in [5.74, 6) is 4.45. The molecule has 0 aromatic carbocycles. The van der Waals surface area contributed by atoms with Crippen LogP contribution in [0.25, 0.3) is 0 Å². The van der Waals surface area contributed by atoms with E-state index in [9.17, 15) is 0 Å². The first-order valence-corrected chi connectivity index (χ1v) is 9.90. The van der Waals surface area contributed by atoms with E-state index in [0.29, 0.717) is 0 Å². The quantitative estimate of drug-likeness (QED) is 0.533. The molecule has 0 radical (unpaired) electrons. The highest BCUT2D eigenvalue weighted by molar-refractivity contribution is 4.79. The van der Waals surface area contributed by atoms with E-state index < -0.39 is 0 Å². The second-order valence-electron chi connectivity index (χ2n) is 8.37. The van der Waals surface area contributed by atoms with Crippen molar-refractivity contribution in [2.24, 2.45) is 23.7 Å². The summed E-state index contributed by atoms with van der Waals surface area (Å²) in [6, 6.07) is 0. The van der Waals surface area contributed by atoms with E-state index in [1.54, 1.807) is 64.2 Å². The summed E-state index contributed by atoms with van der Waals surface area (Å²) < 4.78 is 0. The Kier molecular flexibility index (Phi) is 5.86. The van der Waals surface area contributed by atoms with E-state index in [1.165, 1.54) is 38.5 Å². The standard InChI is InChI=1S/C20H36/c1-3-7-17(8-4-1)15-19-11-13-20(14-12-19)16-18-9-5-2-6-10-18/h17-20H,1-16H2. The lowest BCUT2D eigenvalue weighted by Crippen LogP contribution is -2.21. The van der Waals surface area contributed by atoms with Gasteiger partial charge in [0.05, 0.1) is 0 Å². The molecule has 0 bridgehead atoms. The zero-order valence-corrected chi connectivity index (χ0v) is 13.6. The Balaban J connectivity index is 1.33. The fraction of sp³-hybridized carbons (Fsp3) is 1.00. The molecule has 0 heteroatoms. The van der Waals surface area contributed by atoms with Gasteiger partial charge in [0.1, 0.15) is 0 Å². The van der Waals surface area contributed by atoms with Gasteiger partial charge in [0.15, 0.2) is 0 Å². The van der Waals surface area contributed by atoms with Crippen LogP contribution in [-0.4, -0.2) is 0 Å². The highest BCUT2D eigenvalue weighted by atomic mass is 14.3. The molecule has 0 aliphatic heterocycles. The van der Waals surface area contributed by atoms with Crippen LogP contribution in [0.15, 0.2) is 0 Å². The molecule has 0 amide bonds. The van der Waals surface area contributed by atoms with Crippen LogP contribution >= 0.6 is 0 Å². The molecule has 0 atom stereocenters. The summed E-state index contributed by atoms with van der Waals surface area (Å²) >= 11 is 0. The van der Waals surface area contributed by atoms with Crippen molar-refractivity contribution in [2.75, 3.05) is 0 Å².